The van der Waals surface area contributed by atoms with Crippen LogP contribution >= 0.6 is 11.6 Å². The molecule has 0 fully saturated rings. The van der Waals surface area contributed by atoms with Crippen molar-refractivity contribution >= 4 is 16.8 Å². The van der Waals surface area contributed by atoms with Crippen LogP contribution in [0.3, 0.4) is 0 Å². The smallest absolute Gasteiger partial charge is 0.137 e. The third-order valence-corrected chi connectivity index (χ3v) is 1.38. The molecule has 0 amide bonds. The van der Waals surface area contributed by atoms with Crippen LogP contribution in [0, 0.1) is 0 Å². The van der Waals surface area contributed by atoms with E-state index in [1.54, 1.807) is 6.08 Å². The predicted octanol–water partition coefficient (Wildman–Crippen LogP) is 2.64. The number of nitrogens with zero attached hydrogens (tertiary/aromatic N) is 1. The third kappa shape index (κ3) is 1.87. The highest BCUT2D eigenvalue weighted by molar-refractivity contribution is 6.68. The lowest BCUT2D eigenvalue weighted by atomic mass is 10.3. The Kier molecular flexibility index (Phi) is 2.49. The molecule has 1 aliphatic heterocycles. The van der Waals surface area contributed by atoms with Gasteiger partial charge in [-0.2, -0.15) is 0 Å². The summed E-state index contributed by atoms with van der Waals surface area (Å²) in [4.78, 5) is 4.09. The van der Waals surface area contributed by atoms with Gasteiger partial charge >= 0.3 is 0 Å². The van der Waals surface area contributed by atoms with Crippen LogP contribution in [0.15, 0.2) is 34.6 Å². The molecule has 0 aromatic carbocycles. The Morgan fingerprint density at radius 1 is 1.70 bits per heavy atom. The van der Waals surface area contributed by atoms with E-state index in [0.29, 0.717) is 5.17 Å². The second-order valence-corrected chi connectivity index (χ2v) is 2.31. The molecule has 1 aliphatic rings. The Hall–Kier alpha value is -0.780. The summed E-state index contributed by atoms with van der Waals surface area (Å²) in [6.45, 7) is 2.04. The molecule has 0 unspecified atom stereocenters. The zero-order valence-corrected chi connectivity index (χ0v) is 6.52. The Balaban J connectivity index is 2.91. The van der Waals surface area contributed by atoms with Crippen LogP contribution < -0.4 is 0 Å². The summed E-state index contributed by atoms with van der Waals surface area (Å²) in [7, 11) is 0. The van der Waals surface area contributed by atoms with Gasteiger partial charge in [0.05, 0.1) is 0 Å². The van der Waals surface area contributed by atoms with Gasteiger partial charge in [0, 0.05) is 11.8 Å². The van der Waals surface area contributed by atoms with Crippen LogP contribution in [0.1, 0.15) is 13.3 Å². The zero-order valence-electron chi connectivity index (χ0n) is 5.76. The number of aliphatic imine (C=N–C) groups is 1. The van der Waals surface area contributed by atoms with Crippen molar-refractivity contribution in [3.63, 3.8) is 0 Å². The van der Waals surface area contributed by atoms with E-state index in [0.717, 1.165) is 12.1 Å². The van der Waals surface area contributed by atoms with Crippen molar-refractivity contribution in [2.24, 2.45) is 4.99 Å². The summed E-state index contributed by atoms with van der Waals surface area (Å²) in [6, 6.07) is 0. The number of hydrogen-bond donors (Lipinski definition) is 0. The Bertz CT molecular complexity index is 239. The largest absolute Gasteiger partial charge is 0.240 e. The van der Waals surface area contributed by atoms with Gasteiger partial charge in [0.15, 0.2) is 0 Å². The van der Waals surface area contributed by atoms with Crippen molar-refractivity contribution in [3.8, 4) is 0 Å². The van der Waals surface area contributed by atoms with E-state index in [-0.39, 0.29) is 0 Å². The van der Waals surface area contributed by atoms with Gasteiger partial charge in [-0.15, -0.1) is 5.73 Å². The molecule has 2 heteroatoms. The normalized spacial score (nSPS) is 16.2. The molecule has 0 radical (unpaired) electrons. The first-order chi connectivity index (χ1) is 4.83. The number of allylic oxidation sites excluding steroid dienone is 3. The molecule has 10 heavy (non-hydrogen) atoms. The highest BCUT2D eigenvalue weighted by Gasteiger charge is 1.92. The molecule has 0 N–H and O–H groups in total. The lowest BCUT2D eigenvalue weighted by Crippen LogP contribution is -1.80. The minimum Gasteiger partial charge on any atom is -0.240 e. The highest BCUT2D eigenvalue weighted by Crippen LogP contribution is 2.07. The van der Waals surface area contributed by atoms with Crippen LogP contribution in [-0.2, 0) is 0 Å². The Morgan fingerprint density at radius 2 is 2.50 bits per heavy atom. The van der Waals surface area contributed by atoms with E-state index in [1.807, 2.05) is 19.1 Å². The number of hydrogen-bond acceptors (Lipinski definition) is 1. The summed E-state index contributed by atoms with van der Waals surface area (Å²) in [5, 5.41) is 0.502. The summed E-state index contributed by atoms with van der Waals surface area (Å²) in [6.07, 6.45) is 6.28. The van der Waals surface area contributed by atoms with Crippen LogP contribution in [0.25, 0.3) is 0 Å². The summed E-state index contributed by atoms with van der Waals surface area (Å²) < 4.78 is 0. The highest BCUT2D eigenvalue weighted by atomic mass is 35.5. The van der Waals surface area contributed by atoms with Crippen molar-refractivity contribution in [3.05, 3.63) is 29.7 Å². The lowest BCUT2D eigenvalue weighted by molar-refractivity contribution is 1.07. The van der Waals surface area contributed by atoms with Crippen molar-refractivity contribution in [2.75, 3.05) is 0 Å². The van der Waals surface area contributed by atoms with Crippen molar-refractivity contribution < 1.29 is 0 Å². The van der Waals surface area contributed by atoms with Crippen LogP contribution in [0.5, 0.6) is 0 Å². The summed E-state index contributed by atoms with van der Waals surface area (Å²) in [5.41, 5.74) is 3.86. The summed E-state index contributed by atoms with van der Waals surface area (Å²) in [5.74, 6) is 0. The number of halogens is 1. The standard InChI is InChI=1S/C8H8ClN/c1-2-7-5-3-4-6-8(9)10-7/h3,5-6H,2H2,1H3. The Morgan fingerprint density at radius 3 is 3.20 bits per heavy atom. The average molecular weight is 154 g/mol. The third-order valence-electron chi connectivity index (χ3n) is 1.19. The van der Waals surface area contributed by atoms with Gasteiger partial charge in [0.2, 0.25) is 0 Å². The van der Waals surface area contributed by atoms with E-state index in [2.05, 4.69) is 10.7 Å². The monoisotopic (exact) mass is 153 g/mol. The maximum absolute atomic E-state index is 5.67. The van der Waals surface area contributed by atoms with Gasteiger partial charge in [-0.25, -0.2) is 4.99 Å². The molecule has 0 aromatic heterocycles. The molecule has 0 aliphatic carbocycles. The molecule has 52 valence electrons. The predicted molar refractivity (Wildman–Crippen MR) is 44.3 cm³/mol. The molecule has 0 saturated heterocycles. The second-order valence-electron chi connectivity index (χ2n) is 1.92. The van der Waals surface area contributed by atoms with Crippen LogP contribution in [0.2, 0.25) is 0 Å². The van der Waals surface area contributed by atoms with Gasteiger partial charge in [0.1, 0.15) is 5.17 Å². The first-order valence-corrected chi connectivity index (χ1v) is 3.56. The van der Waals surface area contributed by atoms with Crippen LogP contribution in [0.4, 0.5) is 0 Å². The molecule has 1 heterocycles. The fourth-order valence-electron chi connectivity index (χ4n) is 0.665. The molecule has 1 nitrogen and oxygen atoms in total. The maximum atomic E-state index is 5.67. The topological polar surface area (TPSA) is 12.4 Å². The molecular formula is C8H8ClN. The molecular weight excluding hydrogens is 146 g/mol. The maximum Gasteiger partial charge on any atom is 0.137 e. The van der Waals surface area contributed by atoms with E-state index < -0.39 is 0 Å². The van der Waals surface area contributed by atoms with Gasteiger partial charge in [0.25, 0.3) is 0 Å². The van der Waals surface area contributed by atoms with E-state index in [9.17, 15) is 0 Å². The molecule has 1 rings (SSSR count). The SMILES string of the molecule is CCC1=CC=C=CC(Cl)=N1. The van der Waals surface area contributed by atoms with Gasteiger partial charge in [-0.05, 0) is 18.6 Å². The van der Waals surface area contributed by atoms with E-state index in [4.69, 9.17) is 11.6 Å². The zero-order chi connectivity index (χ0) is 7.40. The first kappa shape index (κ1) is 7.33. The van der Waals surface area contributed by atoms with Crippen molar-refractivity contribution in [2.45, 2.75) is 13.3 Å². The quantitative estimate of drug-likeness (QED) is 0.514. The molecule has 0 spiro atoms. The van der Waals surface area contributed by atoms with Gasteiger partial charge < -0.3 is 0 Å². The Labute approximate surface area is 65.4 Å². The van der Waals surface area contributed by atoms with Crippen molar-refractivity contribution in [1.82, 2.24) is 0 Å². The van der Waals surface area contributed by atoms with Crippen molar-refractivity contribution in [1.29, 1.82) is 0 Å². The minimum absolute atomic E-state index is 0.502. The van der Waals surface area contributed by atoms with E-state index in [1.165, 1.54) is 0 Å². The second kappa shape index (κ2) is 3.40. The van der Waals surface area contributed by atoms with Gasteiger partial charge in [-0.1, -0.05) is 18.5 Å². The molecule has 0 saturated carbocycles. The van der Waals surface area contributed by atoms with E-state index >= 15 is 0 Å². The average Bonchev–Trinajstić information content (AvgIpc) is 2.13. The first-order valence-electron chi connectivity index (χ1n) is 3.18. The van der Waals surface area contributed by atoms with Crippen LogP contribution in [-0.4, -0.2) is 5.17 Å². The molecule has 0 atom stereocenters. The summed E-state index contributed by atoms with van der Waals surface area (Å²) >= 11 is 5.67. The minimum atomic E-state index is 0.502. The molecule has 0 bridgehead atoms. The fourth-order valence-corrected chi connectivity index (χ4v) is 0.836. The fraction of sp³-hybridized carbons (Fsp3) is 0.250. The molecule has 0 aromatic rings. The number of rotatable bonds is 1. The lowest BCUT2D eigenvalue weighted by Gasteiger charge is -1.91. The van der Waals surface area contributed by atoms with Gasteiger partial charge in [-0.3, -0.25) is 0 Å².